The molecule has 2 aliphatic heterocycles. The van der Waals surface area contributed by atoms with Crippen molar-refractivity contribution < 1.29 is 9.84 Å². The van der Waals surface area contributed by atoms with Gasteiger partial charge >= 0.3 is 0 Å². The van der Waals surface area contributed by atoms with Gasteiger partial charge in [-0.3, -0.25) is 4.90 Å². The molecule has 4 unspecified atom stereocenters. The largest absolute Gasteiger partial charge is 0.392 e. The molecule has 3 nitrogen and oxygen atoms in total. The van der Waals surface area contributed by atoms with E-state index in [0.717, 1.165) is 26.1 Å². The van der Waals surface area contributed by atoms with Crippen LogP contribution in [0.15, 0.2) is 0 Å². The van der Waals surface area contributed by atoms with Gasteiger partial charge in [0.05, 0.1) is 18.3 Å². The van der Waals surface area contributed by atoms with Crippen LogP contribution >= 0.6 is 0 Å². The molecular formula is C12H23NO2. The molecule has 0 aromatic rings. The number of likely N-dealkylation sites (tertiary alicyclic amines) is 1. The fraction of sp³-hybridized carbons (Fsp3) is 1.00. The molecule has 2 rings (SSSR count). The Bertz CT molecular complexity index is 210. The fourth-order valence-corrected chi connectivity index (χ4v) is 2.59. The number of rotatable bonds is 2. The summed E-state index contributed by atoms with van der Waals surface area (Å²) in [6.07, 6.45) is 4.19. The number of β-amino-alcohol motifs (C(OH)–C–C–N with tert-alkyl or cyclic N) is 1. The first kappa shape index (κ1) is 11.4. The topological polar surface area (TPSA) is 32.7 Å². The normalized spacial score (nSPS) is 43.4. The van der Waals surface area contributed by atoms with Crippen LogP contribution in [0.1, 0.15) is 33.1 Å². The SMILES string of the molecule is CC1CCC(CN2CCC(C)C(O)C2)O1. The predicted molar refractivity (Wildman–Crippen MR) is 59.8 cm³/mol. The van der Waals surface area contributed by atoms with Gasteiger partial charge in [0.15, 0.2) is 0 Å². The summed E-state index contributed by atoms with van der Waals surface area (Å²) in [5, 5.41) is 9.79. The summed E-state index contributed by atoms with van der Waals surface area (Å²) < 4.78 is 5.80. The lowest BCUT2D eigenvalue weighted by Crippen LogP contribution is -2.45. The van der Waals surface area contributed by atoms with Crippen LogP contribution in [0, 0.1) is 5.92 Å². The molecule has 2 aliphatic rings. The molecule has 2 saturated heterocycles. The van der Waals surface area contributed by atoms with Crippen molar-refractivity contribution in [3.63, 3.8) is 0 Å². The van der Waals surface area contributed by atoms with Crippen molar-refractivity contribution in [3.8, 4) is 0 Å². The standard InChI is InChI=1S/C12H23NO2/c1-9-5-6-13(8-12(9)14)7-11-4-3-10(2)15-11/h9-12,14H,3-8H2,1-2H3. The lowest BCUT2D eigenvalue weighted by Gasteiger charge is -2.35. The van der Waals surface area contributed by atoms with Crippen molar-refractivity contribution >= 4 is 0 Å². The highest BCUT2D eigenvalue weighted by Gasteiger charge is 2.28. The molecule has 0 bridgehead atoms. The van der Waals surface area contributed by atoms with Crippen LogP contribution in [0.3, 0.4) is 0 Å². The van der Waals surface area contributed by atoms with Gasteiger partial charge in [0.2, 0.25) is 0 Å². The van der Waals surface area contributed by atoms with E-state index < -0.39 is 0 Å². The number of ether oxygens (including phenoxy) is 1. The molecule has 0 aliphatic carbocycles. The molecule has 4 atom stereocenters. The summed E-state index contributed by atoms with van der Waals surface area (Å²) in [4.78, 5) is 2.35. The summed E-state index contributed by atoms with van der Waals surface area (Å²) in [5.41, 5.74) is 0. The zero-order chi connectivity index (χ0) is 10.8. The Labute approximate surface area is 92.4 Å². The predicted octanol–water partition coefficient (Wildman–Crippen LogP) is 1.26. The molecular weight excluding hydrogens is 190 g/mol. The molecule has 0 amide bonds. The van der Waals surface area contributed by atoms with E-state index in [1.54, 1.807) is 0 Å². The van der Waals surface area contributed by atoms with E-state index in [0.29, 0.717) is 18.1 Å². The van der Waals surface area contributed by atoms with Crippen molar-refractivity contribution in [1.82, 2.24) is 4.90 Å². The van der Waals surface area contributed by atoms with Crippen LogP contribution in [-0.4, -0.2) is 48.0 Å². The average Bonchev–Trinajstić information content (AvgIpc) is 2.58. The first-order valence-corrected chi connectivity index (χ1v) is 6.21. The Morgan fingerprint density at radius 3 is 2.67 bits per heavy atom. The first-order valence-electron chi connectivity index (χ1n) is 6.21. The second-order valence-electron chi connectivity index (χ2n) is 5.24. The molecule has 3 heteroatoms. The van der Waals surface area contributed by atoms with E-state index in [1.807, 2.05) is 0 Å². The lowest BCUT2D eigenvalue weighted by atomic mass is 9.96. The lowest BCUT2D eigenvalue weighted by molar-refractivity contribution is -0.0104. The average molecular weight is 213 g/mol. The van der Waals surface area contributed by atoms with Crippen LogP contribution in [0.2, 0.25) is 0 Å². The molecule has 1 N–H and O–H groups in total. The molecule has 0 spiro atoms. The Balaban J connectivity index is 1.75. The number of aliphatic hydroxyl groups excluding tert-OH is 1. The maximum Gasteiger partial charge on any atom is 0.0706 e. The van der Waals surface area contributed by atoms with Gasteiger partial charge < -0.3 is 9.84 Å². The minimum absolute atomic E-state index is 0.141. The van der Waals surface area contributed by atoms with E-state index >= 15 is 0 Å². The summed E-state index contributed by atoms with van der Waals surface area (Å²) in [7, 11) is 0. The Hall–Kier alpha value is -0.120. The van der Waals surface area contributed by atoms with E-state index in [9.17, 15) is 5.11 Å². The molecule has 0 aromatic carbocycles. The molecule has 0 aromatic heterocycles. The zero-order valence-corrected chi connectivity index (χ0v) is 9.85. The minimum Gasteiger partial charge on any atom is -0.392 e. The van der Waals surface area contributed by atoms with Crippen LogP contribution in [0.5, 0.6) is 0 Å². The second-order valence-corrected chi connectivity index (χ2v) is 5.24. The Kier molecular flexibility index (Phi) is 3.65. The third-order valence-corrected chi connectivity index (χ3v) is 3.78. The number of hydrogen-bond acceptors (Lipinski definition) is 3. The molecule has 0 saturated carbocycles. The highest BCUT2D eigenvalue weighted by atomic mass is 16.5. The molecule has 88 valence electrons. The number of piperidine rings is 1. The van der Waals surface area contributed by atoms with Gasteiger partial charge in [-0.2, -0.15) is 0 Å². The van der Waals surface area contributed by atoms with Crippen molar-refractivity contribution in [2.24, 2.45) is 5.92 Å². The van der Waals surface area contributed by atoms with Gasteiger partial charge in [0.1, 0.15) is 0 Å². The number of aliphatic hydroxyl groups is 1. The number of hydrogen-bond donors (Lipinski definition) is 1. The number of nitrogens with zero attached hydrogens (tertiary/aromatic N) is 1. The molecule has 2 heterocycles. The van der Waals surface area contributed by atoms with Crippen LogP contribution < -0.4 is 0 Å². The van der Waals surface area contributed by atoms with E-state index in [1.165, 1.54) is 12.8 Å². The van der Waals surface area contributed by atoms with E-state index in [4.69, 9.17) is 4.74 Å². The van der Waals surface area contributed by atoms with Crippen molar-refractivity contribution in [2.45, 2.75) is 51.4 Å². The minimum atomic E-state index is -0.141. The molecule has 2 fully saturated rings. The summed E-state index contributed by atoms with van der Waals surface area (Å²) in [6, 6.07) is 0. The van der Waals surface area contributed by atoms with Gasteiger partial charge in [-0.15, -0.1) is 0 Å². The Morgan fingerprint density at radius 1 is 1.27 bits per heavy atom. The third kappa shape index (κ3) is 2.92. The zero-order valence-electron chi connectivity index (χ0n) is 9.85. The maximum atomic E-state index is 9.79. The van der Waals surface area contributed by atoms with Crippen LogP contribution in [0.25, 0.3) is 0 Å². The van der Waals surface area contributed by atoms with Crippen molar-refractivity contribution in [3.05, 3.63) is 0 Å². The van der Waals surface area contributed by atoms with Crippen LogP contribution in [0.4, 0.5) is 0 Å². The van der Waals surface area contributed by atoms with Crippen molar-refractivity contribution in [2.75, 3.05) is 19.6 Å². The van der Waals surface area contributed by atoms with Gasteiger partial charge in [-0.05, 0) is 38.6 Å². The third-order valence-electron chi connectivity index (χ3n) is 3.78. The Morgan fingerprint density at radius 2 is 2.07 bits per heavy atom. The summed E-state index contributed by atoms with van der Waals surface area (Å²) in [5.74, 6) is 0.463. The van der Waals surface area contributed by atoms with Gasteiger partial charge in [0, 0.05) is 13.1 Å². The van der Waals surface area contributed by atoms with E-state index in [2.05, 4.69) is 18.7 Å². The first-order chi connectivity index (χ1) is 7.15. The van der Waals surface area contributed by atoms with Gasteiger partial charge in [0.25, 0.3) is 0 Å². The highest BCUT2D eigenvalue weighted by molar-refractivity contribution is 4.81. The van der Waals surface area contributed by atoms with Crippen LogP contribution in [-0.2, 0) is 4.74 Å². The maximum absolute atomic E-state index is 9.79. The smallest absolute Gasteiger partial charge is 0.0706 e. The monoisotopic (exact) mass is 213 g/mol. The second kappa shape index (κ2) is 4.81. The van der Waals surface area contributed by atoms with Gasteiger partial charge in [-0.25, -0.2) is 0 Å². The fourth-order valence-electron chi connectivity index (χ4n) is 2.59. The van der Waals surface area contributed by atoms with E-state index in [-0.39, 0.29) is 6.10 Å². The summed E-state index contributed by atoms with van der Waals surface area (Å²) >= 11 is 0. The highest BCUT2D eigenvalue weighted by Crippen LogP contribution is 2.22. The summed E-state index contributed by atoms with van der Waals surface area (Å²) in [6.45, 7) is 7.24. The quantitative estimate of drug-likeness (QED) is 0.749. The molecule has 15 heavy (non-hydrogen) atoms. The van der Waals surface area contributed by atoms with Gasteiger partial charge in [-0.1, -0.05) is 6.92 Å². The van der Waals surface area contributed by atoms with Crippen molar-refractivity contribution in [1.29, 1.82) is 0 Å². The molecule has 0 radical (unpaired) electrons.